The van der Waals surface area contributed by atoms with Crippen LogP contribution in [0.15, 0.2) is 146 Å². The summed E-state index contributed by atoms with van der Waals surface area (Å²) >= 11 is 25.1. The van der Waals surface area contributed by atoms with Crippen molar-refractivity contribution in [2.24, 2.45) is 23.7 Å². The molecule has 0 unspecified atom stereocenters. The summed E-state index contributed by atoms with van der Waals surface area (Å²) in [6, 6.07) is 42.0. The van der Waals surface area contributed by atoms with Crippen LogP contribution in [0, 0.1) is 23.7 Å². The van der Waals surface area contributed by atoms with Gasteiger partial charge in [0, 0.05) is 26.2 Å². The Morgan fingerprint density at radius 3 is 1.03 bits per heavy atom. The molecule has 6 aromatic carbocycles. The van der Waals surface area contributed by atoms with Crippen LogP contribution >= 0.6 is 46.4 Å². The monoisotopic (exact) mass is 910 g/mol. The average Bonchev–Trinajstić information content (AvgIpc) is 3.24. The van der Waals surface area contributed by atoms with Crippen molar-refractivity contribution < 1.29 is 38.9 Å². The van der Waals surface area contributed by atoms with E-state index in [1.807, 2.05) is 60.7 Å². The standard InChI is InChI=1S/C48H38Cl4N2O8/c49-37-21-15-31(23-39(37)51)27-53(25-29-11-17-35(18-12-29)61-33-7-3-1-4-8-33)45(55)41-43(47(57)58)42(44(41)48(59)60)46(56)54(28-32-16-22-38(50)40(52)24-32)26-30-13-19-36(20-14-30)62-34-9-5-2-6-10-34/h1-24,41-44H,25-28H2,(H,57,58)(H,59,60). The first-order valence-corrected chi connectivity index (χ1v) is 20.9. The molecule has 1 aliphatic carbocycles. The Bertz CT molecular complexity index is 2380. The van der Waals surface area contributed by atoms with Crippen LogP contribution in [0.5, 0.6) is 23.0 Å². The number of nitrogens with zero attached hydrogens (tertiary/aromatic N) is 2. The van der Waals surface area contributed by atoms with Gasteiger partial charge in [0.05, 0.1) is 43.8 Å². The fourth-order valence-electron chi connectivity index (χ4n) is 7.55. The predicted octanol–water partition coefficient (Wildman–Crippen LogP) is 11.3. The molecule has 0 aromatic heterocycles. The maximum atomic E-state index is 14.7. The third-order valence-corrected chi connectivity index (χ3v) is 12.1. The second kappa shape index (κ2) is 19.8. The number of carboxylic acid groups (broad SMARTS) is 2. The molecule has 14 heteroatoms. The quantitative estimate of drug-likeness (QED) is 0.0980. The second-order valence-electron chi connectivity index (χ2n) is 14.8. The number of carbonyl (C=O) groups excluding carboxylic acids is 2. The topological polar surface area (TPSA) is 134 Å². The zero-order chi connectivity index (χ0) is 43.9. The lowest BCUT2D eigenvalue weighted by Crippen LogP contribution is -2.64. The number of para-hydroxylation sites is 2. The molecule has 0 aliphatic heterocycles. The smallest absolute Gasteiger partial charge is 0.308 e. The summed E-state index contributed by atoms with van der Waals surface area (Å²) in [4.78, 5) is 58.5. The largest absolute Gasteiger partial charge is 0.481 e. The van der Waals surface area contributed by atoms with E-state index >= 15 is 0 Å². The zero-order valence-electron chi connectivity index (χ0n) is 32.7. The van der Waals surface area contributed by atoms with Crippen LogP contribution in [-0.2, 0) is 45.4 Å². The van der Waals surface area contributed by atoms with Gasteiger partial charge in [0.1, 0.15) is 23.0 Å². The molecule has 316 valence electrons. The molecule has 10 nitrogen and oxygen atoms in total. The Morgan fingerprint density at radius 1 is 0.403 bits per heavy atom. The lowest BCUT2D eigenvalue weighted by atomic mass is 9.55. The van der Waals surface area contributed by atoms with Gasteiger partial charge in [-0.05, 0) is 95.1 Å². The molecule has 0 saturated heterocycles. The lowest BCUT2D eigenvalue weighted by Gasteiger charge is -2.48. The number of aliphatic carboxylic acids is 2. The van der Waals surface area contributed by atoms with E-state index in [0.29, 0.717) is 55.3 Å². The molecule has 2 amide bonds. The second-order valence-corrected chi connectivity index (χ2v) is 16.4. The average molecular weight is 913 g/mol. The van der Waals surface area contributed by atoms with Crippen molar-refractivity contribution in [2.45, 2.75) is 26.2 Å². The molecule has 0 radical (unpaired) electrons. The Hall–Kier alpha value is -6.04. The molecule has 0 bridgehead atoms. The van der Waals surface area contributed by atoms with E-state index in [0.717, 1.165) is 0 Å². The van der Waals surface area contributed by atoms with Crippen LogP contribution < -0.4 is 9.47 Å². The van der Waals surface area contributed by atoms with Crippen LogP contribution in [0.4, 0.5) is 0 Å². The highest BCUT2D eigenvalue weighted by Crippen LogP contribution is 2.49. The highest BCUT2D eigenvalue weighted by atomic mass is 35.5. The van der Waals surface area contributed by atoms with E-state index in [9.17, 15) is 29.4 Å². The number of carbonyl (C=O) groups is 4. The van der Waals surface area contributed by atoms with Gasteiger partial charge in [-0.3, -0.25) is 19.2 Å². The number of carboxylic acids is 2. The van der Waals surface area contributed by atoms with Gasteiger partial charge >= 0.3 is 11.9 Å². The maximum Gasteiger partial charge on any atom is 0.308 e. The molecule has 0 atom stereocenters. The van der Waals surface area contributed by atoms with Crippen molar-refractivity contribution in [3.05, 3.63) is 188 Å². The van der Waals surface area contributed by atoms with Crippen molar-refractivity contribution in [1.29, 1.82) is 0 Å². The van der Waals surface area contributed by atoms with Crippen LogP contribution in [0.3, 0.4) is 0 Å². The minimum absolute atomic E-state index is 0.0358. The van der Waals surface area contributed by atoms with Crippen LogP contribution in [0.25, 0.3) is 0 Å². The first kappa shape index (κ1) is 44.0. The van der Waals surface area contributed by atoms with Gasteiger partial charge in [-0.1, -0.05) is 119 Å². The van der Waals surface area contributed by atoms with E-state index in [2.05, 4.69) is 0 Å². The summed E-state index contributed by atoms with van der Waals surface area (Å²) in [5, 5.41) is 22.5. The Balaban J connectivity index is 1.18. The summed E-state index contributed by atoms with van der Waals surface area (Å²) in [6.07, 6.45) is 0. The Labute approximate surface area is 377 Å². The Kier molecular flexibility index (Phi) is 14.0. The van der Waals surface area contributed by atoms with Crippen LogP contribution in [-0.4, -0.2) is 43.8 Å². The molecular formula is C48H38Cl4N2O8. The summed E-state index contributed by atoms with van der Waals surface area (Å²) in [5.74, 6) is -8.65. The van der Waals surface area contributed by atoms with Crippen LogP contribution in [0.1, 0.15) is 22.3 Å². The first-order valence-electron chi connectivity index (χ1n) is 19.4. The third-order valence-electron chi connectivity index (χ3n) is 10.6. The lowest BCUT2D eigenvalue weighted by molar-refractivity contribution is -0.188. The minimum atomic E-state index is -1.67. The fourth-order valence-corrected chi connectivity index (χ4v) is 8.20. The van der Waals surface area contributed by atoms with Gasteiger partial charge in [-0.25, -0.2) is 0 Å². The zero-order valence-corrected chi connectivity index (χ0v) is 35.8. The highest BCUT2D eigenvalue weighted by Gasteiger charge is 2.65. The van der Waals surface area contributed by atoms with Crippen molar-refractivity contribution in [3.8, 4) is 23.0 Å². The van der Waals surface area contributed by atoms with Crippen molar-refractivity contribution in [3.63, 3.8) is 0 Å². The summed E-state index contributed by atoms with van der Waals surface area (Å²) in [6.45, 7) is -0.212. The molecule has 1 aliphatic rings. The molecular weight excluding hydrogens is 874 g/mol. The van der Waals surface area contributed by atoms with Gasteiger partial charge in [0.25, 0.3) is 0 Å². The molecule has 0 heterocycles. The Morgan fingerprint density at radius 2 is 0.710 bits per heavy atom. The molecule has 2 N–H and O–H groups in total. The van der Waals surface area contributed by atoms with E-state index in [1.54, 1.807) is 84.9 Å². The van der Waals surface area contributed by atoms with Crippen molar-refractivity contribution >= 4 is 70.2 Å². The van der Waals surface area contributed by atoms with Gasteiger partial charge in [-0.15, -0.1) is 0 Å². The summed E-state index contributed by atoms with van der Waals surface area (Å²) in [5.41, 5.74) is 2.43. The molecule has 1 saturated carbocycles. The highest BCUT2D eigenvalue weighted by molar-refractivity contribution is 6.42. The minimum Gasteiger partial charge on any atom is -0.481 e. The van der Waals surface area contributed by atoms with Crippen LogP contribution in [0.2, 0.25) is 20.1 Å². The number of amides is 2. The molecule has 7 rings (SSSR count). The molecule has 62 heavy (non-hydrogen) atoms. The van der Waals surface area contributed by atoms with E-state index in [-0.39, 0.29) is 36.2 Å². The normalized spacial score (nSPS) is 16.7. The van der Waals surface area contributed by atoms with Gasteiger partial charge in [-0.2, -0.15) is 0 Å². The summed E-state index contributed by atoms with van der Waals surface area (Å²) < 4.78 is 11.9. The predicted molar refractivity (Wildman–Crippen MR) is 237 cm³/mol. The molecule has 0 spiro atoms. The van der Waals surface area contributed by atoms with Crippen molar-refractivity contribution in [1.82, 2.24) is 9.80 Å². The molecule has 6 aromatic rings. The maximum absolute atomic E-state index is 14.7. The number of hydrogen-bond acceptors (Lipinski definition) is 6. The van der Waals surface area contributed by atoms with Gasteiger partial charge in [0.2, 0.25) is 11.8 Å². The van der Waals surface area contributed by atoms with Gasteiger partial charge < -0.3 is 29.5 Å². The number of ether oxygens (including phenoxy) is 2. The SMILES string of the molecule is O=C(O)C1C(C(=O)N(Cc2ccc(Oc3ccccc3)cc2)Cc2ccc(Cl)c(Cl)c2)C(C(=O)O)C1C(=O)N(Cc1ccc(Oc2ccccc2)cc1)Cc1ccc(Cl)c(Cl)c1. The van der Waals surface area contributed by atoms with E-state index in [1.165, 1.54) is 9.80 Å². The van der Waals surface area contributed by atoms with Crippen molar-refractivity contribution in [2.75, 3.05) is 0 Å². The van der Waals surface area contributed by atoms with E-state index in [4.69, 9.17) is 55.9 Å². The fraction of sp³-hybridized carbons (Fsp3) is 0.167. The van der Waals surface area contributed by atoms with E-state index < -0.39 is 47.4 Å². The number of halogens is 4. The molecule has 1 fully saturated rings. The third kappa shape index (κ3) is 10.5. The van der Waals surface area contributed by atoms with Gasteiger partial charge in [0.15, 0.2) is 0 Å². The first-order chi connectivity index (χ1) is 29.8. The number of benzene rings is 6. The number of hydrogen-bond donors (Lipinski definition) is 2. The summed E-state index contributed by atoms with van der Waals surface area (Å²) in [7, 11) is 0. The number of rotatable bonds is 16.